The predicted molar refractivity (Wildman–Crippen MR) is 65.8 cm³/mol. The molecule has 0 bridgehead atoms. The fourth-order valence-corrected chi connectivity index (χ4v) is 1.79. The monoisotopic (exact) mass is 281 g/mol. The Labute approximate surface area is 102 Å². The lowest BCUT2D eigenvalue weighted by Crippen LogP contribution is -2.20. The van der Waals surface area contributed by atoms with Crippen LogP contribution in [-0.4, -0.2) is 23.2 Å². The Bertz CT molecular complexity index is 427. The molecular weight excluding hydrogens is 270 g/mol. The molecule has 0 saturated carbocycles. The summed E-state index contributed by atoms with van der Waals surface area (Å²) in [5.74, 6) is 0.0170. The molecule has 0 unspecified atom stereocenters. The van der Waals surface area contributed by atoms with Crippen molar-refractivity contribution in [2.75, 3.05) is 6.54 Å². The normalized spacial score (nSPS) is 15.5. The number of carbonyl (C=O) groups is 1. The average molecular weight is 282 g/mol. The van der Waals surface area contributed by atoms with Gasteiger partial charge in [-0.3, -0.25) is 4.79 Å². The van der Waals surface area contributed by atoms with Crippen molar-refractivity contribution in [2.45, 2.75) is 13.0 Å². The highest BCUT2D eigenvalue weighted by atomic mass is 79.9. The van der Waals surface area contributed by atoms with Crippen LogP contribution in [0.4, 0.5) is 0 Å². The van der Waals surface area contributed by atoms with Crippen LogP contribution in [0.3, 0.4) is 0 Å². The highest BCUT2D eigenvalue weighted by Crippen LogP contribution is 2.15. The van der Waals surface area contributed by atoms with Crippen molar-refractivity contribution in [3.8, 4) is 0 Å². The molecule has 1 amide bonds. The number of benzene rings is 1. The highest BCUT2D eigenvalue weighted by molar-refractivity contribution is 9.10. The minimum atomic E-state index is 0.0170. The van der Waals surface area contributed by atoms with Crippen LogP contribution in [0.5, 0.6) is 0 Å². The third-order valence-corrected chi connectivity index (χ3v) is 2.92. The van der Waals surface area contributed by atoms with Gasteiger partial charge in [0, 0.05) is 11.0 Å². The number of nitrogens with zero attached hydrogens (tertiary/aromatic N) is 2. The number of halogens is 1. The molecule has 1 aliphatic rings. The van der Waals surface area contributed by atoms with Crippen molar-refractivity contribution in [3.05, 3.63) is 34.3 Å². The lowest BCUT2D eigenvalue weighted by atomic mass is 10.2. The van der Waals surface area contributed by atoms with Gasteiger partial charge in [-0.25, -0.2) is 5.01 Å². The van der Waals surface area contributed by atoms with Crippen LogP contribution < -0.4 is 5.73 Å². The minimum absolute atomic E-state index is 0.0170. The summed E-state index contributed by atoms with van der Waals surface area (Å²) < 4.78 is 1.02. The number of hydrazone groups is 1. The van der Waals surface area contributed by atoms with Gasteiger partial charge in [-0.1, -0.05) is 28.1 Å². The summed E-state index contributed by atoms with van der Waals surface area (Å²) in [5.41, 5.74) is 7.26. The van der Waals surface area contributed by atoms with Gasteiger partial charge in [0.1, 0.15) is 0 Å². The molecule has 0 aromatic heterocycles. The van der Waals surface area contributed by atoms with Crippen molar-refractivity contribution in [2.24, 2.45) is 10.8 Å². The Morgan fingerprint density at radius 1 is 1.38 bits per heavy atom. The number of carbonyl (C=O) groups excluding carboxylic acids is 1. The Morgan fingerprint density at radius 3 is 2.62 bits per heavy atom. The van der Waals surface area contributed by atoms with Crippen LogP contribution in [0, 0.1) is 0 Å². The van der Waals surface area contributed by atoms with Crippen molar-refractivity contribution < 1.29 is 4.79 Å². The molecule has 2 N–H and O–H groups in total. The molecule has 0 saturated heterocycles. The first-order valence-corrected chi connectivity index (χ1v) is 5.79. The first kappa shape index (κ1) is 11.3. The fourth-order valence-electron chi connectivity index (χ4n) is 1.53. The van der Waals surface area contributed by atoms with E-state index < -0.39 is 0 Å². The zero-order valence-corrected chi connectivity index (χ0v) is 10.3. The lowest BCUT2D eigenvalue weighted by Gasteiger charge is -2.11. The minimum Gasteiger partial charge on any atom is -0.325 e. The van der Waals surface area contributed by atoms with Crippen molar-refractivity contribution in [1.82, 2.24) is 5.01 Å². The number of hydrogen-bond acceptors (Lipinski definition) is 3. The molecule has 84 valence electrons. The zero-order valence-electron chi connectivity index (χ0n) is 8.69. The van der Waals surface area contributed by atoms with Crippen LogP contribution in [0.1, 0.15) is 12.0 Å². The standard InChI is InChI=1S/C11H12BrN3O/c12-9-3-1-8(2-4-9)7-15-11(16)5-10(6-13)14-15/h1-4H,5-7,13H2. The van der Waals surface area contributed by atoms with Crippen LogP contribution in [0.2, 0.25) is 0 Å². The second-order valence-electron chi connectivity index (χ2n) is 3.62. The number of rotatable bonds is 3. The third kappa shape index (κ3) is 2.48. The Kier molecular flexibility index (Phi) is 3.36. The van der Waals surface area contributed by atoms with Gasteiger partial charge in [0.15, 0.2) is 0 Å². The molecule has 1 aliphatic heterocycles. The number of hydrogen-bond donors (Lipinski definition) is 1. The second kappa shape index (κ2) is 4.76. The summed E-state index contributed by atoms with van der Waals surface area (Å²) >= 11 is 3.37. The first-order valence-electron chi connectivity index (χ1n) is 5.00. The summed E-state index contributed by atoms with van der Waals surface area (Å²) in [7, 11) is 0. The largest absolute Gasteiger partial charge is 0.325 e. The van der Waals surface area contributed by atoms with Gasteiger partial charge in [0.2, 0.25) is 5.91 Å². The van der Waals surface area contributed by atoms with E-state index in [1.54, 1.807) is 0 Å². The van der Waals surface area contributed by atoms with Gasteiger partial charge in [-0.05, 0) is 17.7 Å². The molecule has 0 fully saturated rings. The van der Waals surface area contributed by atoms with Gasteiger partial charge < -0.3 is 5.73 Å². The van der Waals surface area contributed by atoms with E-state index in [-0.39, 0.29) is 5.91 Å². The molecule has 1 heterocycles. The molecule has 1 aromatic carbocycles. The van der Waals surface area contributed by atoms with Crippen LogP contribution in [-0.2, 0) is 11.3 Å². The van der Waals surface area contributed by atoms with E-state index in [2.05, 4.69) is 21.0 Å². The summed E-state index contributed by atoms with van der Waals surface area (Å²) in [5, 5.41) is 5.65. The molecular formula is C11H12BrN3O. The van der Waals surface area contributed by atoms with E-state index in [1.165, 1.54) is 5.01 Å². The van der Waals surface area contributed by atoms with Crippen molar-refractivity contribution >= 4 is 27.5 Å². The predicted octanol–water partition coefficient (Wildman–Crippen LogP) is 1.50. The van der Waals surface area contributed by atoms with Gasteiger partial charge in [-0.2, -0.15) is 5.10 Å². The van der Waals surface area contributed by atoms with E-state index in [0.717, 1.165) is 15.7 Å². The second-order valence-corrected chi connectivity index (χ2v) is 4.54. The van der Waals surface area contributed by atoms with Crippen molar-refractivity contribution in [3.63, 3.8) is 0 Å². The Balaban J connectivity index is 2.07. The van der Waals surface area contributed by atoms with Crippen LogP contribution >= 0.6 is 15.9 Å². The van der Waals surface area contributed by atoms with Gasteiger partial charge in [0.25, 0.3) is 0 Å². The third-order valence-electron chi connectivity index (χ3n) is 2.39. The van der Waals surface area contributed by atoms with E-state index >= 15 is 0 Å². The molecule has 4 nitrogen and oxygen atoms in total. The molecule has 0 spiro atoms. The molecule has 5 heteroatoms. The lowest BCUT2D eigenvalue weighted by molar-refractivity contribution is -0.129. The summed E-state index contributed by atoms with van der Waals surface area (Å²) in [6, 6.07) is 7.83. The fraction of sp³-hybridized carbons (Fsp3) is 0.273. The molecule has 0 aliphatic carbocycles. The Morgan fingerprint density at radius 2 is 2.06 bits per heavy atom. The van der Waals surface area contributed by atoms with Gasteiger partial charge in [-0.15, -0.1) is 0 Å². The SMILES string of the molecule is NCC1=NN(Cc2ccc(Br)cc2)C(=O)C1. The van der Waals surface area contributed by atoms with Crippen LogP contribution in [0.15, 0.2) is 33.8 Å². The topological polar surface area (TPSA) is 58.7 Å². The summed E-state index contributed by atoms with van der Waals surface area (Å²) in [6.45, 7) is 0.859. The van der Waals surface area contributed by atoms with E-state index in [0.29, 0.717) is 19.5 Å². The summed E-state index contributed by atoms with van der Waals surface area (Å²) in [4.78, 5) is 11.6. The molecule has 0 atom stereocenters. The maximum absolute atomic E-state index is 11.6. The maximum Gasteiger partial charge on any atom is 0.248 e. The average Bonchev–Trinajstić information content (AvgIpc) is 2.63. The van der Waals surface area contributed by atoms with E-state index in [1.807, 2.05) is 24.3 Å². The Hall–Kier alpha value is -1.20. The zero-order chi connectivity index (χ0) is 11.5. The van der Waals surface area contributed by atoms with Crippen LogP contribution in [0.25, 0.3) is 0 Å². The number of nitrogens with two attached hydrogens (primary N) is 1. The summed E-state index contributed by atoms with van der Waals surface area (Å²) in [6.07, 6.45) is 0.354. The molecule has 2 rings (SSSR count). The molecule has 1 aromatic rings. The first-order chi connectivity index (χ1) is 7.69. The molecule has 0 radical (unpaired) electrons. The van der Waals surface area contributed by atoms with E-state index in [4.69, 9.17) is 5.73 Å². The van der Waals surface area contributed by atoms with E-state index in [9.17, 15) is 4.79 Å². The highest BCUT2D eigenvalue weighted by Gasteiger charge is 2.22. The quantitative estimate of drug-likeness (QED) is 0.913. The molecule has 16 heavy (non-hydrogen) atoms. The van der Waals surface area contributed by atoms with Crippen molar-refractivity contribution in [1.29, 1.82) is 0 Å². The van der Waals surface area contributed by atoms with Gasteiger partial charge >= 0.3 is 0 Å². The smallest absolute Gasteiger partial charge is 0.248 e. The maximum atomic E-state index is 11.6. The van der Waals surface area contributed by atoms with Gasteiger partial charge in [0.05, 0.1) is 18.7 Å². The number of amides is 1.